The summed E-state index contributed by atoms with van der Waals surface area (Å²) in [5, 5.41) is 13.7. The highest BCUT2D eigenvalue weighted by atomic mass is 19.1. The summed E-state index contributed by atoms with van der Waals surface area (Å²) in [6, 6.07) is 9.11. The van der Waals surface area contributed by atoms with Crippen LogP contribution in [0.1, 0.15) is 49.8 Å². The first-order valence-corrected chi connectivity index (χ1v) is 15.5. The SMILES string of the molecule is COC(=O)C(NC(=O)NC(Cc1ccc(C)cc1)C(=O)N[C@H]1CCCCNC(=O)/C=C/[C@H](Cc2ccccc2F)NC1=O)C(C)C. The summed E-state index contributed by atoms with van der Waals surface area (Å²) < 4.78 is 19.3. The maximum atomic E-state index is 14.5. The Labute approximate surface area is 269 Å². The molecule has 0 saturated carbocycles. The summed E-state index contributed by atoms with van der Waals surface area (Å²) in [6.45, 7) is 5.81. The molecule has 0 aliphatic carbocycles. The molecule has 0 saturated heterocycles. The molecule has 0 spiro atoms. The Hall–Kier alpha value is -4.74. The zero-order chi connectivity index (χ0) is 33.6. The highest BCUT2D eigenvalue weighted by molar-refractivity contribution is 5.93. The molecule has 1 aliphatic heterocycles. The number of methoxy groups -OCH3 is 1. The smallest absolute Gasteiger partial charge is 0.328 e. The lowest BCUT2D eigenvalue weighted by Crippen LogP contribution is -2.58. The van der Waals surface area contributed by atoms with E-state index in [2.05, 4.69) is 26.6 Å². The Morgan fingerprint density at radius 2 is 1.74 bits per heavy atom. The molecule has 2 unspecified atom stereocenters. The van der Waals surface area contributed by atoms with Crippen molar-refractivity contribution in [1.29, 1.82) is 0 Å². The second-order valence-electron chi connectivity index (χ2n) is 11.7. The van der Waals surface area contributed by atoms with Crippen LogP contribution in [0.15, 0.2) is 60.7 Å². The summed E-state index contributed by atoms with van der Waals surface area (Å²) in [6.07, 6.45) is 4.33. The zero-order valence-electron chi connectivity index (χ0n) is 26.7. The normalized spacial score (nSPS) is 19.3. The van der Waals surface area contributed by atoms with Gasteiger partial charge in [-0.2, -0.15) is 0 Å². The number of halogens is 1. The standard InChI is InChI=1S/C34H44FN5O6/c1-21(2)30(33(44)46-4)40-34(45)39-28(19-23-14-12-22(3)13-15-23)32(43)38-27-11-7-8-18-36-29(41)17-16-25(37-31(27)42)20-24-9-5-6-10-26(24)35/h5-6,9-10,12-17,21,25,27-28,30H,7-8,11,18-20H2,1-4H3,(H,36,41)(H,37,42)(H,38,43)(H2,39,40,45)/b17-16+/t25-,27+,28?,30?/m1/s1. The van der Waals surface area contributed by atoms with Gasteiger partial charge >= 0.3 is 12.0 Å². The molecule has 4 atom stereocenters. The lowest BCUT2D eigenvalue weighted by Gasteiger charge is -2.26. The number of amides is 5. The van der Waals surface area contributed by atoms with Crippen molar-refractivity contribution in [2.75, 3.05) is 13.7 Å². The van der Waals surface area contributed by atoms with Crippen LogP contribution < -0.4 is 26.6 Å². The molecule has 1 aliphatic rings. The molecule has 0 fully saturated rings. The molecule has 0 aromatic heterocycles. The number of esters is 1. The second-order valence-corrected chi connectivity index (χ2v) is 11.7. The van der Waals surface area contributed by atoms with E-state index in [-0.39, 0.29) is 31.1 Å². The van der Waals surface area contributed by atoms with Crippen molar-refractivity contribution in [3.8, 4) is 0 Å². The maximum Gasteiger partial charge on any atom is 0.328 e. The van der Waals surface area contributed by atoms with E-state index in [0.717, 1.165) is 11.1 Å². The van der Waals surface area contributed by atoms with Gasteiger partial charge in [-0.15, -0.1) is 0 Å². The van der Waals surface area contributed by atoms with Crippen molar-refractivity contribution in [3.05, 3.63) is 83.2 Å². The lowest BCUT2D eigenvalue weighted by atomic mass is 10.0. The fourth-order valence-corrected chi connectivity index (χ4v) is 4.98. The molecule has 248 valence electrons. The molecule has 2 aromatic rings. The van der Waals surface area contributed by atoms with Gasteiger partial charge in [0.05, 0.1) is 13.2 Å². The topological polar surface area (TPSA) is 155 Å². The van der Waals surface area contributed by atoms with Gasteiger partial charge < -0.3 is 31.3 Å². The number of ether oxygens (including phenoxy) is 1. The van der Waals surface area contributed by atoms with Gasteiger partial charge in [-0.05, 0) is 55.7 Å². The van der Waals surface area contributed by atoms with E-state index in [1.807, 2.05) is 31.2 Å². The van der Waals surface area contributed by atoms with Crippen molar-refractivity contribution in [3.63, 3.8) is 0 Å². The van der Waals surface area contributed by atoms with Gasteiger partial charge in [0.1, 0.15) is 23.9 Å². The summed E-state index contributed by atoms with van der Waals surface area (Å²) in [5.41, 5.74) is 2.15. The van der Waals surface area contributed by atoms with Crippen molar-refractivity contribution in [2.24, 2.45) is 5.92 Å². The van der Waals surface area contributed by atoms with Crippen LogP contribution in [0.2, 0.25) is 0 Å². The number of carbonyl (C=O) groups excluding carboxylic acids is 5. The quantitative estimate of drug-likeness (QED) is 0.253. The fourth-order valence-electron chi connectivity index (χ4n) is 4.98. The molecule has 46 heavy (non-hydrogen) atoms. The van der Waals surface area contributed by atoms with Gasteiger partial charge in [0.25, 0.3) is 0 Å². The van der Waals surface area contributed by atoms with Crippen LogP contribution in [-0.4, -0.2) is 67.5 Å². The molecule has 0 radical (unpaired) electrons. The van der Waals surface area contributed by atoms with Crippen molar-refractivity contribution in [1.82, 2.24) is 26.6 Å². The molecule has 12 heteroatoms. The van der Waals surface area contributed by atoms with Gasteiger partial charge in [0, 0.05) is 19.0 Å². The molecule has 3 rings (SSSR count). The first-order valence-electron chi connectivity index (χ1n) is 15.5. The first kappa shape index (κ1) is 35.7. The first-order chi connectivity index (χ1) is 22.0. The van der Waals surface area contributed by atoms with Crippen molar-refractivity contribution in [2.45, 2.75) is 77.0 Å². The number of benzene rings is 2. The molecular formula is C34H44FN5O6. The van der Waals surface area contributed by atoms with E-state index in [4.69, 9.17) is 4.74 Å². The third kappa shape index (κ3) is 11.3. The van der Waals surface area contributed by atoms with E-state index in [9.17, 15) is 28.4 Å². The monoisotopic (exact) mass is 637 g/mol. The predicted molar refractivity (Wildman–Crippen MR) is 171 cm³/mol. The summed E-state index contributed by atoms with van der Waals surface area (Å²) in [4.78, 5) is 64.9. The van der Waals surface area contributed by atoms with E-state index >= 15 is 0 Å². The van der Waals surface area contributed by atoms with Crippen LogP contribution in [0.5, 0.6) is 0 Å². The average molecular weight is 638 g/mol. The highest BCUT2D eigenvalue weighted by Gasteiger charge is 2.30. The van der Waals surface area contributed by atoms with E-state index in [0.29, 0.717) is 24.9 Å². The molecule has 1 heterocycles. The van der Waals surface area contributed by atoms with Gasteiger partial charge in [-0.3, -0.25) is 14.4 Å². The molecular weight excluding hydrogens is 593 g/mol. The minimum atomic E-state index is -1.10. The van der Waals surface area contributed by atoms with Crippen LogP contribution in [0.4, 0.5) is 9.18 Å². The second kappa shape index (κ2) is 17.7. The molecule has 2 aromatic carbocycles. The van der Waals surface area contributed by atoms with E-state index < -0.39 is 53.8 Å². The van der Waals surface area contributed by atoms with Gasteiger partial charge in [0.15, 0.2) is 0 Å². The van der Waals surface area contributed by atoms with Crippen LogP contribution in [-0.2, 0) is 36.8 Å². The maximum absolute atomic E-state index is 14.5. The number of carbonyl (C=O) groups is 5. The predicted octanol–water partition coefficient (Wildman–Crippen LogP) is 2.61. The average Bonchev–Trinajstić information content (AvgIpc) is 3.02. The molecule has 5 amide bonds. The van der Waals surface area contributed by atoms with Crippen molar-refractivity contribution < 1.29 is 33.1 Å². The van der Waals surface area contributed by atoms with Crippen LogP contribution in [0.25, 0.3) is 0 Å². The number of hydrogen-bond donors (Lipinski definition) is 5. The van der Waals surface area contributed by atoms with Gasteiger partial charge in [-0.25, -0.2) is 14.0 Å². The Morgan fingerprint density at radius 3 is 2.41 bits per heavy atom. The van der Waals surface area contributed by atoms with Crippen molar-refractivity contribution >= 4 is 29.7 Å². The third-order valence-corrected chi connectivity index (χ3v) is 7.65. The minimum Gasteiger partial charge on any atom is -0.467 e. The molecule has 11 nitrogen and oxygen atoms in total. The summed E-state index contributed by atoms with van der Waals surface area (Å²) in [7, 11) is 1.23. The Bertz CT molecular complexity index is 1400. The Morgan fingerprint density at radius 1 is 1.02 bits per heavy atom. The Kier molecular flexibility index (Phi) is 13.7. The number of nitrogens with one attached hydrogen (secondary N) is 5. The number of aryl methyl sites for hydroxylation is 1. The molecule has 0 bridgehead atoms. The van der Waals surface area contributed by atoms with Gasteiger partial charge in [-0.1, -0.05) is 68.0 Å². The molecule has 5 N–H and O–H groups in total. The number of rotatable bonds is 10. The fraction of sp³-hybridized carbons (Fsp3) is 0.441. The number of hydrogen-bond acceptors (Lipinski definition) is 6. The van der Waals surface area contributed by atoms with E-state index in [1.165, 1.54) is 25.3 Å². The lowest BCUT2D eigenvalue weighted by molar-refractivity contribution is -0.144. The van der Waals surface area contributed by atoms with Crippen LogP contribution in [0.3, 0.4) is 0 Å². The Balaban J connectivity index is 1.83. The summed E-state index contributed by atoms with van der Waals surface area (Å²) >= 11 is 0. The third-order valence-electron chi connectivity index (χ3n) is 7.65. The van der Waals surface area contributed by atoms with E-state index in [1.54, 1.807) is 32.0 Å². The number of urea groups is 1. The van der Waals surface area contributed by atoms with Gasteiger partial charge in [0.2, 0.25) is 17.7 Å². The zero-order valence-corrected chi connectivity index (χ0v) is 26.7. The largest absolute Gasteiger partial charge is 0.467 e. The van der Waals surface area contributed by atoms with Crippen LogP contribution >= 0.6 is 0 Å². The summed E-state index contributed by atoms with van der Waals surface area (Å²) in [5.74, 6) is -2.78. The minimum absolute atomic E-state index is 0.0812. The highest BCUT2D eigenvalue weighted by Crippen LogP contribution is 2.13. The van der Waals surface area contributed by atoms with Crippen LogP contribution in [0, 0.1) is 18.7 Å².